The average molecular weight is 477 g/mol. The van der Waals surface area contributed by atoms with Gasteiger partial charge in [0.25, 0.3) is 0 Å². The van der Waals surface area contributed by atoms with Gasteiger partial charge in [-0.15, -0.1) is 0 Å². The molecule has 2 heteroatoms. The average Bonchev–Trinajstić information content (AvgIpc) is 2.95. The summed E-state index contributed by atoms with van der Waals surface area (Å²) in [5.41, 5.74) is 11.2. The molecule has 180 valence electrons. The van der Waals surface area contributed by atoms with Crippen LogP contribution in [0.25, 0.3) is 11.0 Å². The van der Waals surface area contributed by atoms with E-state index in [0.29, 0.717) is 0 Å². The van der Waals surface area contributed by atoms with Gasteiger partial charge in [-0.3, -0.25) is 0 Å². The van der Waals surface area contributed by atoms with Gasteiger partial charge in [0.15, 0.2) is 0 Å². The van der Waals surface area contributed by atoms with Crippen LogP contribution in [0.2, 0.25) is 0 Å². The molecule has 0 saturated heterocycles. The van der Waals surface area contributed by atoms with Crippen molar-refractivity contribution in [1.82, 2.24) is 0 Å². The predicted octanol–water partition coefficient (Wildman–Crippen LogP) is 6.87. The van der Waals surface area contributed by atoms with E-state index < -0.39 is 0 Å². The molecule has 0 spiro atoms. The fourth-order valence-corrected chi connectivity index (χ4v) is 5.14. The van der Waals surface area contributed by atoms with Gasteiger partial charge in [0, 0.05) is 25.3 Å². The fraction of sp³-hybridized carbons (Fsp3) is 0.0857. The van der Waals surface area contributed by atoms with Crippen LogP contribution in [0.5, 0.6) is 0 Å². The largest absolute Gasteiger partial charge is 0.377 e. The maximum Gasteiger partial charge on any atom is 0.242 e. The number of hydrogen-bond acceptors (Lipinski definition) is 1. The van der Waals surface area contributed by atoms with Crippen molar-refractivity contribution in [3.8, 4) is 0 Å². The van der Waals surface area contributed by atoms with Gasteiger partial charge in [0.05, 0.1) is 0 Å². The zero-order chi connectivity index (χ0) is 25.6. The monoisotopic (exact) mass is 477 g/mol. The molecular weight excluding hydrogens is 445 g/mol. The summed E-state index contributed by atoms with van der Waals surface area (Å²) in [5, 5.41) is 0. The minimum atomic E-state index is 0.0521. The van der Waals surface area contributed by atoms with Crippen LogP contribution >= 0.6 is 0 Å². The van der Waals surface area contributed by atoms with Gasteiger partial charge in [0.1, 0.15) is 0 Å². The minimum Gasteiger partial charge on any atom is -0.377 e. The zero-order valence-electron chi connectivity index (χ0n) is 21.8. The Morgan fingerprint density at radius 3 is 1.54 bits per heavy atom. The van der Waals surface area contributed by atoms with E-state index in [2.05, 4.69) is 165 Å². The summed E-state index contributed by atoms with van der Waals surface area (Å²) < 4.78 is 0. The Bertz CT molecular complexity index is 1430. The van der Waals surface area contributed by atoms with Gasteiger partial charge >= 0.3 is 0 Å². The lowest BCUT2D eigenvalue weighted by molar-refractivity contribution is 1.13. The van der Waals surface area contributed by atoms with Gasteiger partial charge in [-0.25, -0.2) is 0 Å². The molecule has 0 radical (unpaired) electrons. The molecule has 0 bridgehead atoms. The van der Waals surface area contributed by atoms with E-state index in [1.54, 1.807) is 0 Å². The molecule has 0 fully saturated rings. The van der Waals surface area contributed by atoms with Crippen LogP contribution in [-0.2, 0) is 0 Å². The third kappa shape index (κ3) is 5.29. The molecule has 0 unspecified atom stereocenters. The standard InChI is InChI=1S/C35H32BN/c1-27-23-25-28(26-24-27)34(32-21-13-14-22-33(32)37(2)3)35(29-15-7-4-8-16-29)36(30-17-9-5-10-18-30)31-19-11-6-12-20-31/h4-26H,1-3H3/b35-34-. The highest BCUT2D eigenvalue weighted by Crippen LogP contribution is 2.38. The van der Waals surface area contributed by atoms with Crippen molar-refractivity contribution in [3.63, 3.8) is 0 Å². The maximum absolute atomic E-state index is 2.27. The zero-order valence-corrected chi connectivity index (χ0v) is 21.8. The Balaban J connectivity index is 1.95. The van der Waals surface area contributed by atoms with Crippen molar-refractivity contribution in [1.29, 1.82) is 0 Å². The van der Waals surface area contributed by atoms with Gasteiger partial charge in [-0.05, 0) is 29.7 Å². The lowest BCUT2D eigenvalue weighted by Crippen LogP contribution is -2.44. The molecule has 0 saturated carbocycles. The van der Waals surface area contributed by atoms with Crippen LogP contribution in [0.1, 0.15) is 22.3 Å². The van der Waals surface area contributed by atoms with Gasteiger partial charge in [-0.2, -0.15) is 0 Å². The minimum absolute atomic E-state index is 0.0521. The van der Waals surface area contributed by atoms with E-state index in [-0.39, 0.29) is 6.71 Å². The summed E-state index contributed by atoms with van der Waals surface area (Å²) in [4.78, 5) is 2.21. The Kier molecular flexibility index (Phi) is 7.37. The van der Waals surface area contributed by atoms with E-state index in [4.69, 9.17) is 0 Å². The van der Waals surface area contributed by atoms with E-state index in [9.17, 15) is 0 Å². The molecule has 0 heterocycles. The summed E-state index contributed by atoms with van der Waals surface area (Å²) in [6.45, 7) is 2.20. The summed E-state index contributed by atoms with van der Waals surface area (Å²) in [7, 11) is 4.25. The predicted molar refractivity (Wildman–Crippen MR) is 162 cm³/mol. The Labute approximate surface area is 221 Å². The van der Waals surface area contributed by atoms with Crippen LogP contribution in [0.15, 0.2) is 140 Å². The number of rotatable bonds is 7. The third-order valence-corrected chi connectivity index (χ3v) is 6.90. The first kappa shape index (κ1) is 24.4. The van der Waals surface area contributed by atoms with E-state index in [0.717, 1.165) is 0 Å². The number of hydrogen-bond donors (Lipinski definition) is 0. The lowest BCUT2D eigenvalue weighted by atomic mass is 9.34. The number of para-hydroxylation sites is 1. The van der Waals surface area contributed by atoms with Crippen molar-refractivity contribution in [2.45, 2.75) is 6.92 Å². The lowest BCUT2D eigenvalue weighted by Gasteiger charge is -2.27. The third-order valence-electron chi connectivity index (χ3n) is 6.90. The highest BCUT2D eigenvalue weighted by atomic mass is 15.1. The Hall–Kier alpha value is -4.30. The molecule has 5 aromatic rings. The van der Waals surface area contributed by atoms with Crippen LogP contribution in [0, 0.1) is 6.92 Å². The van der Waals surface area contributed by atoms with Crippen molar-refractivity contribution >= 4 is 34.4 Å². The first-order valence-corrected chi connectivity index (χ1v) is 12.9. The second-order valence-corrected chi connectivity index (χ2v) is 9.69. The van der Waals surface area contributed by atoms with Gasteiger partial charge in [-0.1, -0.05) is 155 Å². The molecular formula is C35H32BN. The summed E-state index contributed by atoms with van der Waals surface area (Å²) in [6.07, 6.45) is 0. The Morgan fingerprint density at radius 1 is 0.514 bits per heavy atom. The quantitative estimate of drug-likeness (QED) is 0.183. The molecule has 0 aliphatic heterocycles. The molecule has 0 amide bonds. The normalized spacial score (nSPS) is 11.5. The summed E-state index contributed by atoms with van der Waals surface area (Å²) in [5.74, 6) is 0. The first-order valence-electron chi connectivity index (χ1n) is 12.9. The SMILES string of the molecule is Cc1ccc(/C(=C(/B(c2ccccc2)c2ccccc2)c2ccccc2)c2ccccc2N(C)C)cc1. The number of aryl methyl sites for hydroxylation is 1. The second kappa shape index (κ2) is 11.2. The van der Waals surface area contributed by atoms with Crippen LogP contribution in [0.3, 0.4) is 0 Å². The number of anilines is 1. The van der Waals surface area contributed by atoms with Crippen molar-refractivity contribution in [3.05, 3.63) is 162 Å². The summed E-state index contributed by atoms with van der Waals surface area (Å²) in [6, 6.07) is 50.4. The highest BCUT2D eigenvalue weighted by Gasteiger charge is 2.29. The molecule has 0 aromatic heterocycles. The highest BCUT2D eigenvalue weighted by molar-refractivity contribution is 7.00. The maximum atomic E-state index is 2.27. The van der Waals surface area contributed by atoms with Gasteiger partial charge in [0.2, 0.25) is 6.71 Å². The molecule has 0 atom stereocenters. The number of benzene rings is 5. The summed E-state index contributed by atoms with van der Waals surface area (Å²) >= 11 is 0. The first-order chi connectivity index (χ1) is 18.1. The molecule has 5 aromatic carbocycles. The Morgan fingerprint density at radius 2 is 1.00 bits per heavy atom. The molecule has 37 heavy (non-hydrogen) atoms. The van der Waals surface area contributed by atoms with Crippen molar-refractivity contribution < 1.29 is 0 Å². The van der Waals surface area contributed by atoms with E-state index >= 15 is 0 Å². The molecule has 0 aliphatic rings. The van der Waals surface area contributed by atoms with Crippen LogP contribution in [0.4, 0.5) is 5.69 Å². The van der Waals surface area contributed by atoms with E-state index in [1.807, 2.05) is 0 Å². The van der Waals surface area contributed by atoms with Crippen molar-refractivity contribution in [2.75, 3.05) is 19.0 Å². The molecule has 5 rings (SSSR count). The van der Waals surface area contributed by atoms with E-state index in [1.165, 1.54) is 49.9 Å². The molecule has 0 aliphatic carbocycles. The van der Waals surface area contributed by atoms with Crippen LogP contribution < -0.4 is 15.8 Å². The topological polar surface area (TPSA) is 3.24 Å². The molecule has 1 nitrogen and oxygen atoms in total. The molecule has 0 N–H and O–H groups in total. The van der Waals surface area contributed by atoms with Crippen molar-refractivity contribution in [2.24, 2.45) is 0 Å². The second-order valence-electron chi connectivity index (χ2n) is 9.69. The van der Waals surface area contributed by atoms with Gasteiger partial charge < -0.3 is 4.90 Å². The smallest absolute Gasteiger partial charge is 0.242 e. The van der Waals surface area contributed by atoms with Crippen LogP contribution in [-0.4, -0.2) is 20.8 Å². The number of nitrogens with zero attached hydrogens (tertiary/aromatic N) is 1. The fourth-order valence-electron chi connectivity index (χ4n) is 5.14.